The predicted molar refractivity (Wildman–Crippen MR) is 118 cm³/mol. The van der Waals surface area contributed by atoms with E-state index in [1.807, 2.05) is 6.92 Å². The molecule has 0 radical (unpaired) electrons. The number of nitrogens with zero attached hydrogens (tertiary/aromatic N) is 1. The van der Waals surface area contributed by atoms with E-state index in [-0.39, 0.29) is 5.75 Å². The molecule has 3 rings (SSSR count). The van der Waals surface area contributed by atoms with Gasteiger partial charge in [0.05, 0.1) is 5.75 Å². The van der Waals surface area contributed by atoms with Crippen molar-refractivity contribution in [1.82, 2.24) is 9.62 Å². The monoisotopic (exact) mass is 419 g/mol. The number of carbonyl (C=O) groups excluding carboxylic acids is 1. The molecule has 0 saturated carbocycles. The SMILES string of the molecule is C=C(CN(CC)C(C)C)CS(=O)(=O)NC(=O)Nc1c2c(cc3c1CCC3)CCC2. The minimum absolute atomic E-state index is 0.255. The lowest BCUT2D eigenvalue weighted by Gasteiger charge is -2.25. The molecule has 2 aliphatic carbocycles. The third kappa shape index (κ3) is 5.20. The van der Waals surface area contributed by atoms with Crippen molar-refractivity contribution in [2.45, 2.75) is 65.3 Å². The molecule has 29 heavy (non-hydrogen) atoms. The number of benzene rings is 1. The molecule has 0 aromatic heterocycles. The van der Waals surface area contributed by atoms with Crippen molar-refractivity contribution in [3.8, 4) is 0 Å². The molecule has 0 heterocycles. The Bertz CT molecular complexity index is 874. The quantitative estimate of drug-likeness (QED) is 0.633. The number of hydrogen-bond donors (Lipinski definition) is 2. The van der Waals surface area contributed by atoms with Crippen LogP contribution in [0.5, 0.6) is 0 Å². The van der Waals surface area contributed by atoms with E-state index in [9.17, 15) is 13.2 Å². The third-order valence-corrected chi connectivity index (χ3v) is 7.20. The van der Waals surface area contributed by atoms with Crippen LogP contribution in [-0.4, -0.2) is 44.2 Å². The van der Waals surface area contributed by atoms with E-state index in [2.05, 4.69) is 41.4 Å². The number of nitrogens with one attached hydrogen (secondary N) is 2. The Kier molecular flexibility index (Phi) is 6.69. The Morgan fingerprint density at radius 1 is 1.14 bits per heavy atom. The fourth-order valence-corrected chi connectivity index (χ4v) is 5.58. The lowest BCUT2D eigenvalue weighted by atomic mass is 9.99. The van der Waals surface area contributed by atoms with Crippen LogP contribution in [-0.2, 0) is 35.7 Å². The smallest absolute Gasteiger partial charge is 0.307 e. The summed E-state index contributed by atoms with van der Waals surface area (Å²) in [5.41, 5.74) is 6.37. The largest absolute Gasteiger partial charge is 0.332 e. The van der Waals surface area contributed by atoms with Crippen LogP contribution in [0.15, 0.2) is 18.2 Å². The van der Waals surface area contributed by atoms with Gasteiger partial charge in [0.15, 0.2) is 0 Å². The van der Waals surface area contributed by atoms with Gasteiger partial charge in [-0.1, -0.05) is 19.6 Å². The van der Waals surface area contributed by atoms with Crippen LogP contribution < -0.4 is 10.0 Å². The predicted octanol–water partition coefficient (Wildman–Crippen LogP) is 3.40. The van der Waals surface area contributed by atoms with Crippen molar-refractivity contribution in [2.75, 3.05) is 24.2 Å². The number of aryl methyl sites for hydroxylation is 2. The summed E-state index contributed by atoms with van der Waals surface area (Å²) >= 11 is 0. The minimum atomic E-state index is -3.80. The fourth-order valence-electron chi connectivity index (χ4n) is 4.54. The average molecular weight is 420 g/mol. The molecule has 7 heteroatoms. The lowest BCUT2D eigenvalue weighted by molar-refractivity contribution is 0.253. The van der Waals surface area contributed by atoms with Crippen LogP contribution in [0.25, 0.3) is 0 Å². The van der Waals surface area contributed by atoms with Gasteiger partial charge in [-0.15, -0.1) is 0 Å². The fraction of sp³-hybridized carbons (Fsp3) is 0.591. The van der Waals surface area contributed by atoms with Gasteiger partial charge in [0.2, 0.25) is 10.0 Å². The van der Waals surface area contributed by atoms with E-state index in [1.54, 1.807) is 0 Å². The van der Waals surface area contributed by atoms with Crippen molar-refractivity contribution >= 4 is 21.7 Å². The molecule has 1 aromatic rings. The molecule has 6 nitrogen and oxygen atoms in total. The molecule has 0 atom stereocenters. The second kappa shape index (κ2) is 8.88. The molecule has 160 valence electrons. The van der Waals surface area contributed by atoms with Crippen LogP contribution in [0.1, 0.15) is 55.9 Å². The number of carbonyl (C=O) groups is 1. The number of anilines is 1. The van der Waals surface area contributed by atoms with E-state index < -0.39 is 16.1 Å². The Hall–Kier alpha value is -1.86. The second-order valence-corrected chi connectivity index (χ2v) is 10.2. The van der Waals surface area contributed by atoms with Gasteiger partial charge in [0.1, 0.15) is 0 Å². The molecule has 2 amide bonds. The normalized spacial score (nSPS) is 15.5. The highest BCUT2D eigenvalue weighted by molar-refractivity contribution is 7.90. The van der Waals surface area contributed by atoms with E-state index in [4.69, 9.17) is 0 Å². The Morgan fingerprint density at radius 2 is 1.72 bits per heavy atom. The summed E-state index contributed by atoms with van der Waals surface area (Å²) in [6, 6.07) is 1.91. The summed E-state index contributed by atoms with van der Waals surface area (Å²) in [5, 5.41) is 2.87. The first kappa shape index (κ1) is 21.8. The summed E-state index contributed by atoms with van der Waals surface area (Å²) in [4.78, 5) is 14.7. The van der Waals surface area contributed by atoms with Crippen molar-refractivity contribution in [3.05, 3.63) is 40.5 Å². The zero-order chi connectivity index (χ0) is 21.2. The Labute approximate surface area is 174 Å². The van der Waals surface area contributed by atoms with E-state index in [1.165, 1.54) is 22.3 Å². The van der Waals surface area contributed by atoms with Crippen molar-refractivity contribution in [2.24, 2.45) is 0 Å². The van der Waals surface area contributed by atoms with Crippen molar-refractivity contribution in [3.63, 3.8) is 0 Å². The van der Waals surface area contributed by atoms with Gasteiger partial charge in [0.25, 0.3) is 0 Å². The van der Waals surface area contributed by atoms with E-state index in [0.717, 1.165) is 50.8 Å². The molecule has 1 aromatic carbocycles. The minimum Gasteiger partial charge on any atom is -0.307 e. The lowest BCUT2D eigenvalue weighted by Crippen LogP contribution is -2.39. The van der Waals surface area contributed by atoms with Gasteiger partial charge in [-0.2, -0.15) is 0 Å². The maximum Gasteiger partial charge on any atom is 0.332 e. The van der Waals surface area contributed by atoms with Gasteiger partial charge in [-0.3, -0.25) is 4.90 Å². The maximum atomic E-state index is 12.6. The van der Waals surface area contributed by atoms with Crippen molar-refractivity contribution < 1.29 is 13.2 Å². The van der Waals surface area contributed by atoms with Gasteiger partial charge in [-0.05, 0) is 86.7 Å². The highest BCUT2D eigenvalue weighted by atomic mass is 32.2. The zero-order valence-electron chi connectivity index (χ0n) is 17.8. The zero-order valence-corrected chi connectivity index (χ0v) is 18.6. The van der Waals surface area contributed by atoms with Crippen LogP contribution in [0.2, 0.25) is 0 Å². The van der Waals surface area contributed by atoms with E-state index >= 15 is 0 Å². The third-order valence-electron chi connectivity index (χ3n) is 5.92. The number of urea groups is 1. The van der Waals surface area contributed by atoms with Crippen LogP contribution in [0, 0.1) is 0 Å². The molecule has 0 aliphatic heterocycles. The molecular weight excluding hydrogens is 386 g/mol. The van der Waals surface area contributed by atoms with Gasteiger partial charge >= 0.3 is 6.03 Å². The van der Waals surface area contributed by atoms with Gasteiger partial charge in [-0.25, -0.2) is 17.9 Å². The number of fused-ring (bicyclic) bond motifs is 2. The topological polar surface area (TPSA) is 78.5 Å². The number of sulfonamides is 1. The van der Waals surface area contributed by atoms with Crippen LogP contribution >= 0.6 is 0 Å². The first-order valence-corrected chi connectivity index (χ1v) is 12.2. The number of amides is 2. The highest BCUT2D eigenvalue weighted by Crippen LogP contribution is 2.38. The number of rotatable bonds is 8. The van der Waals surface area contributed by atoms with E-state index in [0.29, 0.717) is 18.2 Å². The molecule has 2 aliphatic rings. The average Bonchev–Trinajstić information content (AvgIpc) is 3.27. The Morgan fingerprint density at radius 3 is 2.24 bits per heavy atom. The molecule has 0 spiro atoms. The summed E-state index contributed by atoms with van der Waals surface area (Å²) in [6.07, 6.45) is 6.09. The highest BCUT2D eigenvalue weighted by Gasteiger charge is 2.26. The summed E-state index contributed by atoms with van der Waals surface area (Å²) < 4.78 is 27.2. The first-order chi connectivity index (χ1) is 13.7. The molecular formula is C22H33N3O3S. The first-order valence-electron chi connectivity index (χ1n) is 10.6. The summed E-state index contributed by atoms with van der Waals surface area (Å²) in [5.74, 6) is -0.255. The second-order valence-electron chi connectivity index (χ2n) is 8.46. The van der Waals surface area contributed by atoms with Gasteiger partial charge in [0, 0.05) is 18.3 Å². The van der Waals surface area contributed by atoms with Gasteiger partial charge < -0.3 is 5.32 Å². The molecule has 0 unspecified atom stereocenters. The standard InChI is InChI=1S/C22H33N3O3S/c1-5-25(15(2)3)13-16(4)14-29(27,28)24-22(26)23-21-19-10-6-8-17(19)12-18-9-7-11-20(18)21/h12,15H,4-11,13-14H2,1-3H3,(H2,23,24,26). The molecule has 0 saturated heterocycles. The summed E-state index contributed by atoms with van der Waals surface area (Å²) in [7, 11) is -3.80. The number of hydrogen-bond acceptors (Lipinski definition) is 4. The van der Waals surface area contributed by atoms with Crippen molar-refractivity contribution in [1.29, 1.82) is 0 Å². The Balaban J connectivity index is 1.66. The number of likely N-dealkylation sites (N-methyl/N-ethyl adjacent to an activating group) is 1. The van der Waals surface area contributed by atoms with Crippen LogP contribution in [0.4, 0.5) is 10.5 Å². The molecule has 0 bridgehead atoms. The van der Waals surface area contributed by atoms with Crippen LogP contribution in [0.3, 0.4) is 0 Å². The summed E-state index contributed by atoms with van der Waals surface area (Å²) in [6.45, 7) is 11.4. The molecule has 2 N–H and O–H groups in total. The molecule has 0 fully saturated rings. The maximum absolute atomic E-state index is 12.6.